The predicted octanol–water partition coefficient (Wildman–Crippen LogP) is 40.8. The Balaban J connectivity index is 0.000000148. The van der Waals surface area contributed by atoms with E-state index in [0.29, 0.717) is 0 Å². The zero-order chi connectivity index (χ0) is 102. The third-order valence-corrected chi connectivity index (χ3v) is 40.2. The Labute approximate surface area is 888 Å². The molecule has 8 aliphatic rings. The second-order valence-electron chi connectivity index (χ2n) is 50.3. The molecule has 0 spiro atoms. The monoisotopic (exact) mass is 1950 g/mol. The number of anilines is 8. The molecule has 20 aromatic carbocycles. The van der Waals surface area contributed by atoms with Gasteiger partial charge in [0.2, 0.25) is 0 Å². The molecule has 4 nitrogen and oxygen atoms in total. The minimum atomic E-state index is -0.0673. The molecule has 4 fully saturated rings. The molecule has 4 aliphatic carbocycles. The van der Waals surface area contributed by atoms with E-state index in [1.807, 2.05) is 0 Å². The molecule has 4 heteroatoms. The van der Waals surface area contributed by atoms with E-state index >= 15 is 0 Å². The first-order chi connectivity index (χ1) is 72.4. The highest BCUT2D eigenvalue weighted by Crippen LogP contribution is 2.69. The van der Waals surface area contributed by atoms with Crippen molar-refractivity contribution in [2.75, 3.05) is 19.6 Å². The van der Waals surface area contributed by atoms with Crippen molar-refractivity contribution < 1.29 is 0 Å². The minimum Gasteiger partial charge on any atom is -0.334 e. The normalized spacial score (nSPS) is 23.2. The first-order valence-electron chi connectivity index (χ1n) is 56.3. The van der Waals surface area contributed by atoms with Gasteiger partial charge in [-0.15, -0.1) is 0 Å². The first-order valence-corrected chi connectivity index (χ1v) is 56.3. The van der Waals surface area contributed by atoms with Crippen molar-refractivity contribution in [1.29, 1.82) is 0 Å². The summed E-state index contributed by atoms with van der Waals surface area (Å²) in [7, 11) is 0. The van der Waals surface area contributed by atoms with Crippen LogP contribution in [0.4, 0.5) is 45.5 Å². The SMILES string of the molecule is CC(C)(C)c1cccc(N2c3ccc(-c4c5ccccc5c(-c5ccc6c(c5)C5(C)CCCCC5(C)N6c5cccc(C(C)(C)C)c5)c5cc6c(cc45)c(-c4ccccc4)cc4ccccc46)cc3C3(C)CCCCC23C)c1.Cc1cccc(N2c3ccc(-c4c5ccccc5c(-c5ccc6c(c5)C5(C)CCCCC5(C)N6c5cccc(C)c5)c5cc6c(cc45)c(-c4ccccc4)cc4ccccc46)cc3C3(C)CCCCC23C)c1. The molecule has 8 unspecified atom stereocenters. The van der Waals surface area contributed by atoms with Crippen LogP contribution in [-0.4, -0.2) is 22.2 Å². The second kappa shape index (κ2) is 34.1. The lowest BCUT2D eigenvalue weighted by atomic mass is 9.61. The number of fused-ring (bicyclic) bond motifs is 22. The Kier molecular flexibility index (Phi) is 21.4. The molecule has 150 heavy (non-hydrogen) atoms. The summed E-state index contributed by atoms with van der Waals surface area (Å²) in [6, 6.07) is 142. The highest BCUT2D eigenvalue weighted by Gasteiger charge is 2.62. The van der Waals surface area contributed by atoms with Gasteiger partial charge < -0.3 is 19.6 Å². The van der Waals surface area contributed by atoms with Crippen LogP contribution in [0.25, 0.3) is 153 Å². The molecule has 4 saturated carbocycles. The van der Waals surface area contributed by atoms with E-state index in [2.05, 4.69) is 494 Å². The number of aryl methyl sites for hydroxylation is 2. The van der Waals surface area contributed by atoms with Gasteiger partial charge in [-0.25, -0.2) is 0 Å². The number of nitrogens with zero attached hydrogens (tertiary/aromatic N) is 4. The summed E-state index contributed by atoms with van der Waals surface area (Å²) >= 11 is 0. The van der Waals surface area contributed by atoms with Gasteiger partial charge in [0.15, 0.2) is 0 Å². The molecule has 0 radical (unpaired) electrons. The third kappa shape index (κ3) is 13.8. The smallest absolute Gasteiger partial charge is 0.0517 e. The molecular formula is C146H140N4. The Bertz CT molecular complexity index is 9010. The van der Waals surface area contributed by atoms with Crippen LogP contribution in [0.1, 0.15) is 244 Å². The molecular weight excluding hydrogens is 1810 g/mol. The van der Waals surface area contributed by atoms with Crippen LogP contribution in [0.5, 0.6) is 0 Å². The van der Waals surface area contributed by atoms with Crippen molar-refractivity contribution in [3.63, 3.8) is 0 Å². The fraction of sp³-hybridized carbons (Fsp3) is 0.288. The maximum atomic E-state index is 2.76. The van der Waals surface area contributed by atoms with Crippen molar-refractivity contribution in [3.05, 3.63) is 408 Å². The zero-order valence-corrected chi connectivity index (χ0v) is 90.7. The van der Waals surface area contributed by atoms with Crippen molar-refractivity contribution >= 4 is 132 Å². The van der Waals surface area contributed by atoms with Gasteiger partial charge in [-0.1, -0.05) is 351 Å². The van der Waals surface area contributed by atoms with E-state index in [4.69, 9.17) is 0 Å². The summed E-state index contributed by atoms with van der Waals surface area (Å²) < 4.78 is 0. The molecule has 744 valence electrons. The fourth-order valence-corrected chi connectivity index (χ4v) is 31.4. The molecule has 0 bridgehead atoms. The lowest BCUT2D eigenvalue weighted by Crippen LogP contribution is -2.54. The van der Waals surface area contributed by atoms with Gasteiger partial charge in [-0.3, -0.25) is 0 Å². The van der Waals surface area contributed by atoms with Gasteiger partial charge in [0.25, 0.3) is 0 Å². The number of hydrogen-bond donors (Lipinski definition) is 0. The van der Waals surface area contributed by atoms with Crippen LogP contribution in [0.2, 0.25) is 0 Å². The minimum absolute atomic E-state index is 0.0140. The number of hydrogen-bond acceptors (Lipinski definition) is 4. The van der Waals surface area contributed by atoms with Gasteiger partial charge >= 0.3 is 0 Å². The lowest BCUT2D eigenvalue weighted by molar-refractivity contribution is 0.195. The summed E-state index contributed by atoms with van der Waals surface area (Å²) in [6.45, 7) is 39.2. The van der Waals surface area contributed by atoms with E-state index in [0.717, 1.165) is 12.8 Å². The molecule has 0 N–H and O–H groups in total. The molecule has 0 amide bonds. The van der Waals surface area contributed by atoms with Crippen molar-refractivity contribution in [2.24, 2.45) is 0 Å². The average molecular weight is 1950 g/mol. The molecule has 0 saturated heterocycles. The topological polar surface area (TPSA) is 13.0 Å². The van der Waals surface area contributed by atoms with Gasteiger partial charge in [0, 0.05) is 67.2 Å². The van der Waals surface area contributed by atoms with E-state index in [-0.39, 0.29) is 54.6 Å². The summed E-state index contributed by atoms with van der Waals surface area (Å²) in [4.78, 5) is 11.0. The van der Waals surface area contributed by atoms with Gasteiger partial charge in [-0.05, 0) is 435 Å². The third-order valence-electron chi connectivity index (χ3n) is 40.2. The molecule has 4 aliphatic heterocycles. The average Bonchev–Trinajstić information content (AvgIpc) is 1.28. The fourth-order valence-electron chi connectivity index (χ4n) is 31.4. The van der Waals surface area contributed by atoms with Gasteiger partial charge in [0.1, 0.15) is 0 Å². The van der Waals surface area contributed by atoms with Crippen LogP contribution in [0, 0.1) is 13.8 Å². The molecule has 8 atom stereocenters. The summed E-state index contributed by atoms with van der Waals surface area (Å²) in [5.74, 6) is 0. The van der Waals surface area contributed by atoms with Crippen LogP contribution in [-0.2, 0) is 32.5 Å². The largest absolute Gasteiger partial charge is 0.334 e. The second-order valence-corrected chi connectivity index (χ2v) is 50.3. The Morgan fingerprint density at radius 1 is 0.193 bits per heavy atom. The summed E-state index contributed by atoms with van der Waals surface area (Å²) in [6.07, 6.45) is 19.4. The van der Waals surface area contributed by atoms with E-state index in [1.165, 1.54) is 333 Å². The highest BCUT2D eigenvalue weighted by molar-refractivity contribution is 6.30. The van der Waals surface area contributed by atoms with Crippen molar-refractivity contribution in [2.45, 2.75) is 268 Å². The van der Waals surface area contributed by atoms with Crippen LogP contribution >= 0.6 is 0 Å². The van der Waals surface area contributed by atoms with E-state index in [1.54, 1.807) is 0 Å². The Hall–Kier alpha value is -14.3. The maximum Gasteiger partial charge on any atom is 0.0517 e. The Morgan fingerprint density at radius 2 is 0.447 bits per heavy atom. The summed E-state index contributed by atoms with van der Waals surface area (Å²) in [5.41, 5.74) is 37.4. The van der Waals surface area contributed by atoms with Gasteiger partial charge in [-0.2, -0.15) is 0 Å². The van der Waals surface area contributed by atoms with Crippen molar-refractivity contribution in [1.82, 2.24) is 0 Å². The first kappa shape index (κ1) is 94.1. The zero-order valence-electron chi connectivity index (χ0n) is 90.7. The molecule has 20 aromatic rings. The lowest BCUT2D eigenvalue weighted by Gasteiger charge is -2.50. The van der Waals surface area contributed by atoms with Crippen LogP contribution < -0.4 is 19.6 Å². The summed E-state index contributed by atoms with van der Waals surface area (Å²) in [5, 5.41) is 20.8. The maximum absolute atomic E-state index is 2.76. The standard InChI is InChI=1S/C76H76N2.C70H64N2/c1-71(2,3)53-27-22-29-55(45-53)77-67-36-34-51(43-65(67)73(7)38-18-20-40-75(73,77)9)69-58-32-16-17-33-59(58)70(64-48-62-60(49-24-12-11-13-25-49)42-50-26-14-15-31-57(50)61(62)47-63(64)69)52-35-37-68-66(44-52)74(8)39-19-21-41-76(74,10)78(68)56-30-23-28-54(46-56)72(4,5)6;1-45-20-18-25-51(38-45)71-63-32-30-49(41-61(63)67(3)34-14-16-36-69(67,71)5)65-54-28-12-13-29-55(54)66(60-44-58-56(47-22-8-7-9-23-47)40-48-24-10-11-27-53(48)57(58)43-59(60)65)50-31-33-64-62(42-50)68(4)35-15-17-37-70(68,6)72(64)52-26-19-21-46(2)39-52/h11-17,22-37,42-48H,18-21,38-41H2,1-10H3;7-13,18-33,38-44H,14-17,34-37H2,1-6H3. The number of benzene rings is 20. The van der Waals surface area contributed by atoms with Crippen molar-refractivity contribution in [3.8, 4) is 66.8 Å². The predicted molar refractivity (Wildman–Crippen MR) is 644 cm³/mol. The number of rotatable bonds is 10. The molecule has 28 rings (SSSR count). The highest BCUT2D eigenvalue weighted by atomic mass is 15.3. The molecule has 0 aromatic heterocycles. The quantitative estimate of drug-likeness (QED) is 0.0999. The van der Waals surface area contributed by atoms with Gasteiger partial charge in [0.05, 0.1) is 22.2 Å². The molecule has 4 heterocycles. The van der Waals surface area contributed by atoms with Crippen LogP contribution in [0.3, 0.4) is 0 Å². The Morgan fingerprint density at radius 3 is 0.733 bits per heavy atom. The van der Waals surface area contributed by atoms with E-state index < -0.39 is 0 Å². The van der Waals surface area contributed by atoms with Crippen LogP contribution in [0.15, 0.2) is 364 Å². The van der Waals surface area contributed by atoms with E-state index in [9.17, 15) is 0 Å².